The molecule has 0 bridgehead atoms. The molecule has 0 fully saturated rings. The van der Waals surface area contributed by atoms with E-state index in [-0.39, 0.29) is 29.8 Å². The van der Waals surface area contributed by atoms with E-state index in [1.54, 1.807) is 30.3 Å². The lowest BCUT2D eigenvalue weighted by Crippen LogP contribution is -2.35. The van der Waals surface area contributed by atoms with Gasteiger partial charge in [-0.25, -0.2) is 9.18 Å². The van der Waals surface area contributed by atoms with Crippen molar-refractivity contribution in [3.05, 3.63) is 83.2 Å². The van der Waals surface area contributed by atoms with Gasteiger partial charge in [0.15, 0.2) is 0 Å². The second kappa shape index (κ2) is 8.30. The zero-order valence-electron chi connectivity index (χ0n) is 14.7. The molecule has 0 aromatic heterocycles. The van der Waals surface area contributed by atoms with E-state index in [0.717, 1.165) is 5.39 Å². The zero-order chi connectivity index (χ0) is 20.1. The summed E-state index contributed by atoms with van der Waals surface area (Å²) in [6.07, 6.45) is 0. The molecule has 0 aliphatic heterocycles. The van der Waals surface area contributed by atoms with Gasteiger partial charge in [-0.2, -0.15) is 0 Å². The van der Waals surface area contributed by atoms with Crippen LogP contribution in [-0.2, 0) is 0 Å². The number of hydrogen-bond donors (Lipinski definition) is 3. The molecule has 0 radical (unpaired) electrons. The van der Waals surface area contributed by atoms with Crippen molar-refractivity contribution in [3.63, 3.8) is 0 Å². The lowest BCUT2D eigenvalue weighted by molar-refractivity contribution is 0.0691. The quantitative estimate of drug-likeness (QED) is 0.573. The van der Waals surface area contributed by atoms with Crippen molar-refractivity contribution in [2.75, 3.05) is 13.1 Å². The molecule has 0 atom stereocenters. The summed E-state index contributed by atoms with van der Waals surface area (Å²) in [7, 11) is 0. The van der Waals surface area contributed by atoms with E-state index < -0.39 is 23.6 Å². The molecule has 2 amide bonds. The Hall–Kier alpha value is -3.74. The number of fused-ring (bicyclic) bond motifs is 1. The van der Waals surface area contributed by atoms with E-state index in [1.165, 1.54) is 30.3 Å². The van der Waals surface area contributed by atoms with Crippen LogP contribution in [-0.4, -0.2) is 36.0 Å². The van der Waals surface area contributed by atoms with Gasteiger partial charge >= 0.3 is 5.97 Å². The summed E-state index contributed by atoms with van der Waals surface area (Å²) in [4.78, 5) is 35.9. The van der Waals surface area contributed by atoms with E-state index in [2.05, 4.69) is 10.6 Å². The Morgan fingerprint density at radius 2 is 1.25 bits per heavy atom. The molecule has 3 aromatic rings. The molecular formula is C21H17FN2O4. The summed E-state index contributed by atoms with van der Waals surface area (Å²) in [5.41, 5.74) is -0.158. The second-order valence-electron chi connectivity index (χ2n) is 6.04. The van der Waals surface area contributed by atoms with Crippen molar-refractivity contribution < 1.29 is 23.9 Å². The molecule has 0 saturated heterocycles. The van der Waals surface area contributed by atoms with Crippen LogP contribution in [0.25, 0.3) is 10.8 Å². The third kappa shape index (κ3) is 4.15. The highest BCUT2D eigenvalue weighted by Gasteiger charge is 2.17. The first-order valence-electron chi connectivity index (χ1n) is 8.54. The van der Waals surface area contributed by atoms with Gasteiger partial charge in [0, 0.05) is 13.1 Å². The van der Waals surface area contributed by atoms with Crippen LogP contribution in [0, 0.1) is 5.82 Å². The number of aromatic carboxylic acids is 1. The molecule has 6 nitrogen and oxygen atoms in total. The Bertz CT molecular complexity index is 1070. The van der Waals surface area contributed by atoms with Crippen LogP contribution in [0.1, 0.15) is 31.1 Å². The molecular weight excluding hydrogens is 363 g/mol. The second-order valence-corrected chi connectivity index (χ2v) is 6.04. The minimum atomic E-state index is -1.20. The van der Waals surface area contributed by atoms with E-state index >= 15 is 0 Å². The SMILES string of the molecule is O=C(NCCNC(=O)c1cc2ccccc2cc1C(=O)O)c1ccccc1F. The number of carboxylic acid groups (broad SMARTS) is 1. The molecule has 0 aliphatic carbocycles. The number of carboxylic acids is 1. The average molecular weight is 380 g/mol. The summed E-state index contributed by atoms with van der Waals surface area (Å²) >= 11 is 0. The summed E-state index contributed by atoms with van der Waals surface area (Å²) < 4.78 is 13.6. The fraction of sp³-hybridized carbons (Fsp3) is 0.0952. The number of hydrogen-bond acceptors (Lipinski definition) is 3. The maximum atomic E-state index is 13.6. The van der Waals surface area contributed by atoms with Crippen LogP contribution < -0.4 is 10.6 Å². The average Bonchev–Trinajstić information content (AvgIpc) is 2.70. The van der Waals surface area contributed by atoms with Gasteiger partial charge in [0.05, 0.1) is 16.7 Å². The van der Waals surface area contributed by atoms with Gasteiger partial charge in [-0.3, -0.25) is 9.59 Å². The van der Waals surface area contributed by atoms with Gasteiger partial charge in [0.1, 0.15) is 5.82 Å². The molecule has 7 heteroatoms. The van der Waals surface area contributed by atoms with Gasteiger partial charge in [0.2, 0.25) is 0 Å². The Balaban J connectivity index is 1.65. The zero-order valence-corrected chi connectivity index (χ0v) is 14.7. The molecule has 0 aliphatic rings. The highest BCUT2D eigenvalue weighted by molar-refractivity contribution is 6.08. The number of benzene rings is 3. The summed E-state index contributed by atoms with van der Waals surface area (Å²) in [6.45, 7) is 0.125. The van der Waals surface area contributed by atoms with E-state index in [0.29, 0.717) is 5.39 Å². The van der Waals surface area contributed by atoms with Crippen molar-refractivity contribution in [2.45, 2.75) is 0 Å². The van der Waals surface area contributed by atoms with Gasteiger partial charge in [0.25, 0.3) is 11.8 Å². The molecule has 3 aromatic carbocycles. The largest absolute Gasteiger partial charge is 0.478 e. The van der Waals surface area contributed by atoms with Crippen LogP contribution in [0.15, 0.2) is 60.7 Å². The maximum Gasteiger partial charge on any atom is 0.336 e. The lowest BCUT2D eigenvalue weighted by atomic mass is 10.0. The van der Waals surface area contributed by atoms with Crippen molar-refractivity contribution in [1.82, 2.24) is 10.6 Å². The van der Waals surface area contributed by atoms with E-state index in [9.17, 15) is 23.9 Å². The Kier molecular flexibility index (Phi) is 5.64. The minimum Gasteiger partial charge on any atom is -0.478 e. The highest BCUT2D eigenvalue weighted by Crippen LogP contribution is 2.20. The van der Waals surface area contributed by atoms with Crippen molar-refractivity contribution >= 4 is 28.6 Å². The first-order chi connectivity index (χ1) is 13.5. The Morgan fingerprint density at radius 1 is 0.750 bits per heavy atom. The van der Waals surface area contributed by atoms with Gasteiger partial charge in [-0.05, 0) is 35.0 Å². The fourth-order valence-corrected chi connectivity index (χ4v) is 2.79. The number of carbonyl (C=O) groups excluding carboxylic acids is 2. The minimum absolute atomic E-state index is 0.0339. The molecule has 0 saturated carbocycles. The van der Waals surface area contributed by atoms with Crippen LogP contribution in [0.2, 0.25) is 0 Å². The smallest absolute Gasteiger partial charge is 0.336 e. The van der Waals surface area contributed by atoms with Crippen molar-refractivity contribution in [1.29, 1.82) is 0 Å². The topological polar surface area (TPSA) is 95.5 Å². The van der Waals surface area contributed by atoms with Crippen LogP contribution in [0.5, 0.6) is 0 Å². The first kappa shape index (κ1) is 19.0. The third-order valence-corrected chi connectivity index (χ3v) is 4.18. The lowest BCUT2D eigenvalue weighted by Gasteiger charge is -2.10. The normalized spacial score (nSPS) is 10.5. The Morgan fingerprint density at radius 3 is 1.82 bits per heavy atom. The van der Waals surface area contributed by atoms with Gasteiger partial charge in [-0.15, -0.1) is 0 Å². The predicted octanol–water partition coefficient (Wildman–Crippen LogP) is 2.84. The molecule has 0 unspecified atom stereocenters. The fourth-order valence-electron chi connectivity index (χ4n) is 2.79. The van der Waals surface area contributed by atoms with Gasteiger partial charge in [-0.1, -0.05) is 36.4 Å². The Labute approximate surface area is 160 Å². The number of halogens is 1. The van der Waals surface area contributed by atoms with Crippen LogP contribution in [0.4, 0.5) is 4.39 Å². The van der Waals surface area contributed by atoms with Crippen molar-refractivity contribution in [3.8, 4) is 0 Å². The summed E-state index contributed by atoms with van der Waals surface area (Å²) in [5.74, 6) is -3.00. The summed E-state index contributed by atoms with van der Waals surface area (Å²) in [6, 6.07) is 15.7. The molecule has 3 rings (SSSR count). The number of rotatable bonds is 6. The molecule has 3 N–H and O–H groups in total. The molecule has 0 heterocycles. The van der Waals surface area contributed by atoms with Gasteiger partial charge < -0.3 is 15.7 Å². The van der Waals surface area contributed by atoms with Crippen LogP contribution in [0.3, 0.4) is 0 Å². The summed E-state index contributed by atoms with van der Waals surface area (Å²) in [5, 5.41) is 15.9. The predicted molar refractivity (Wildman–Crippen MR) is 102 cm³/mol. The van der Waals surface area contributed by atoms with Crippen LogP contribution >= 0.6 is 0 Å². The van der Waals surface area contributed by atoms with E-state index in [1.807, 2.05) is 0 Å². The standard InChI is InChI=1S/C21H17FN2O4/c22-18-8-4-3-7-15(18)19(25)23-9-10-24-20(26)16-11-13-5-1-2-6-14(13)12-17(16)21(27)28/h1-8,11-12H,9-10H2,(H,23,25)(H,24,26)(H,27,28). The number of nitrogens with one attached hydrogen (secondary N) is 2. The monoisotopic (exact) mass is 380 g/mol. The number of amides is 2. The number of carbonyl (C=O) groups is 3. The molecule has 142 valence electrons. The first-order valence-corrected chi connectivity index (χ1v) is 8.54. The maximum absolute atomic E-state index is 13.6. The highest BCUT2D eigenvalue weighted by atomic mass is 19.1. The van der Waals surface area contributed by atoms with Crippen molar-refractivity contribution in [2.24, 2.45) is 0 Å². The third-order valence-electron chi connectivity index (χ3n) is 4.18. The molecule has 28 heavy (non-hydrogen) atoms. The molecule has 0 spiro atoms. The van der Waals surface area contributed by atoms with E-state index in [4.69, 9.17) is 0 Å².